The van der Waals surface area contributed by atoms with Crippen LogP contribution in [-0.4, -0.2) is 61.4 Å². The van der Waals surface area contributed by atoms with E-state index in [1.165, 1.54) is 18.5 Å². The van der Waals surface area contributed by atoms with Gasteiger partial charge in [0.05, 0.1) is 37.6 Å². The van der Waals surface area contributed by atoms with Crippen LogP contribution < -0.4 is 24.8 Å². The molecule has 3 aromatic rings. The third kappa shape index (κ3) is 5.56. The van der Waals surface area contributed by atoms with E-state index in [-0.39, 0.29) is 5.02 Å². The Morgan fingerprint density at radius 1 is 1.17 bits per heavy atom. The zero-order valence-electron chi connectivity index (χ0n) is 19.9. The van der Waals surface area contributed by atoms with E-state index < -0.39 is 5.82 Å². The van der Waals surface area contributed by atoms with Crippen molar-refractivity contribution in [3.63, 3.8) is 0 Å². The number of halogens is 2. The van der Waals surface area contributed by atoms with Gasteiger partial charge in [0.15, 0.2) is 17.3 Å². The lowest BCUT2D eigenvalue weighted by Crippen LogP contribution is -2.37. The zero-order chi connectivity index (χ0) is 24.9. The summed E-state index contributed by atoms with van der Waals surface area (Å²) in [6.07, 6.45) is 2.28. The van der Waals surface area contributed by atoms with Crippen LogP contribution in [0.3, 0.4) is 0 Å². The Morgan fingerprint density at radius 2 is 2.03 bits per heavy atom. The number of hydrogen-bond acceptors (Lipinski definition) is 9. The van der Waals surface area contributed by atoms with Gasteiger partial charge in [-0.05, 0) is 30.7 Å². The van der Waals surface area contributed by atoms with Crippen LogP contribution in [0.2, 0.25) is 5.02 Å². The quantitative estimate of drug-likeness (QED) is 0.409. The number of morpholine rings is 1. The number of ether oxygens (including phenoxy) is 4. The maximum absolute atomic E-state index is 13.4. The fraction of sp³-hybridized carbons (Fsp3) is 0.360. The molecule has 1 saturated heterocycles. The fourth-order valence-electron chi connectivity index (χ4n) is 4.09. The Bertz CT molecular complexity index is 1230. The Balaban J connectivity index is 1.30. The van der Waals surface area contributed by atoms with E-state index in [2.05, 4.69) is 25.5 Å². The molecule has 2 aliphatic heterocycles. The molecule has 9 nitrogen and oxygen atoms in total. The van der Waals surface area contributed by atoms with Gasteiger partial charge in [0, 0.05) is 37.8 Å². The standard InChI is InChI=1S/C25H27ClFN5O4/c1-33-21-13-20-16(11-22(21)35-8-2-5-32-6-9-34-10-7-32)14-28-23-24(29-15-30-25(23)36-20)31-19-4-3-17(27)12-18(19)26/h3-4,11-13,15,28H,2,5-10,14H2,1H3,(H,29,30,31). The van der Waals surface area contributed by atoms with Gasteiger partial charge in [-0.3, -0.25) is 4.90 Å². The summed E-state index contributed by atoms with van der Waals surface area (Å²) < 4.78 is 36.6. The van der Waals surface area contributed by atoms with Crippen molar-refractivity contribution in [2.45, 2.75) is 13.0 Å². The maximum Gasteiger partial charge on any atom is 0.248 e. The van der Waals surface area contributed by atoms with Crippen molar-refractivity contribution in [1.29, 1.82) is 0 Å². The predicted octanol–water partition coefficient (Wildman–Crippen LogP) is 4.84. The summed E-state index contributed by atoms with van der Waals surface area (Å²) >= 11 is 6.18. The molecular formula is C25H27ClFN5O4. The van der Waals surface area contributed by atoms with E-state index in [1.807, 2.05) is 6.07 Å². The van der Waals surface area contributed by atoms with Crippen molar-refractivity contribution in [2.75, 3.05) is 57.2 Å². The van der Waals surface area contributed by atoms with Gasteiger partial charge in [-0.2, -0.15) is 4.98 Å². The summed E-state index contributed by atoms with van der Waals surface area (Å²) in [6.45, 7) is 5.45. The molecule has 0 bridgehead atoms. The van der Waals surface area contributed by atoms with Gasteiger partial charge in [-0.15, -0.1) is 0 Å². The maximum atomic E-state index is 13.4. The number of fused-ring (bicyclic) bond motifs is 2. The lowest BCUT2D eigenvalue weighted by molar-refractivity contribution is 0.0357. The smallest absolute Gasteiger partial charge is 0.248 e. The van der Waals surface area contributed by atoms with Crippen molar-refractivity contribution in [1.82, 2.24) is 14.9 Å². The minimum absolute atomic E-state index is 0.236. The molecule has 1 aromatic heterocycles. The first kappa shape index (κ1) is 24.4. The molecule has 0 atom stereocenters. The number of rotatable bonds is 8. The highest BCUT2D eigenvalue weighted by atomic mass is 35.5. The monoisotopic (exact) mass is 515 g/mol. The number of nitrogens with one attached hydrogen (secondary N) is 2. The molecule has 36 heavy (non-hydrogen) atoms. The molecule has 0 saturated carbocycles. The Morgan fingerprint density at radius 3 is 2.83 bits per heavy atom. The molecule has 0 amide bonds. The molecule has 1 fully saturated rings. The van der Waals surface area contributed by atoms with E-state index in [4.69, 9.17) is 30.5 Å². The van der Waals surface area contributed by atoms with Gasteiger partial charge < -0.3 is 29.6 Å². The number of methoxy groups -OCH3 is 1. The van der Waals surface area contributed by atoms with Crippen molar-refractivity contribution < 1.29 is 23.3 Å². The summed E-state index contributed by atoms with van der Waals surface area (Å²) in [4.78, 5) is 11.0. The van der Waals surface area contributed by atoms with Crippen LogP contribution in [0.4, 0.5) is 21.6 Å². The van der Waals surface area contributed by atoms with Gasteiger partial charge in [-0.1, -0.05) is 11.6 Å². The normalized spacial score (nSPS) is 15.1. The minimum Gasteiger partial charge on any atom is -0.493 e. The number of nitrogens with zero attached hydrogens (tertiary/aromatic N) is 3. The molecule has 2 aromatic carbocycles. The van der Waals surface area contributed by atoms with Crippen molar-refractivity contribution in [3.05, 3.63) is 53.1 Å². The van der Waals surface area contributed by atoms with Crippen LogP contribution in [0.15, 0.2) is 36.7 Å². The molecule has 11 heteroatoms. The average Bonchev–Trinajstić information content (AvgIpc) is 3.07. The van der Waals surface area contributed by atoms with Crippen LogP contribution >= 0.6 is 11.6 Å². The summed E-state index contributed by atoms with van der Waals surface area (Å²) in [7, 11) is 1.60. The van der Waals surface area contributed by atoms with Gasteiger partial charge in [-0.25, -0.2) is 9.37 Å². The minimum atomic E-state index is -0.419. The number of hydrogen-bond donors (Lipinski definition) is 2. The third-order valence-corrected chi connectivity index (χ3v) is 6.30. The molecule has 5 rings (SSSR count). The van der Waals surface area contributed by atoms with Crippen molar-refractivity contribution in [3.8, 4) is 23.1 Å². The lowest BCUT2D eigenvalue weighted by Gasteiger charge is -2.26. The molecular weight excluding hydrogens is 489 g/mol. The molecule has 0 unspecified atom stereocenters. The summed E-state index contributed by atoms with van der Waals surface area (Å²) in [5.41, 5.74) is 1.95. The average molecular weight is 516 g/mol. The van der Waals surface area contributed by atoms with E-state index in [0.29, 0.717) is 53.5 Å². The van der Waals surface area contributed by atoms with Gasteiger partial charge in [0.1, 0.15) is 23.6 Å². The highest BCUT2D eigenvalue weighted by Gasteiger charge is 2.22. The van der Waals surface area contributed by atoms with Crippen LogP contribution in [0.5, 0.6) is 23.1 Å². The molecule has 0 aliphatic carbocycles. The fourth-order valence-corrected chi connectivity index (χ4v) is 4.31. The first-order valence-electron chi connectivity index (χ1n) is 11.7. The topological polar surface area (TPSA) is 90.0 Å². The second-order valence-corrected chi connectivity index (χ2v) is 8.78. The van der Waals surface area contributed by atoms with E-state index in [1.54, 1.807) is 19.2 Å². The Hall–Kier alpha value is -3.34. The Kier molecular flexibility index (Phi) is 7.55. The van der Waals surface area contributed by atoms with Crippen molar-refractivity contribution >= 4 is 28.8 Å². The molecule has 2 aliphatic rings. The second kappa shape index (κ2) is 11.2. The summed E-state index contributed by atoms with van der Waals surface area (Å²) in [5.74, 6) is 2.20. The first-order chi connectivity index (χ1) is 17.6. The highest BCUT2D eigenvalue weighted by molar-refractivity contribution is 6.33. The van der Waals surface area contributed by atoms with Gasteiger partial charge in [0.2, 0.25) is 5.88 Å². The SMILES string of the molecule is COc1cc2c(cc1OCCCN1CCOCC1)CNc1c(Nc3ccc(F)cc3Cl)ncnc1O2. The van der Waals surface area contributed by atoms with E-state index in [9.17, 15) is 4.39 Å². The zero-order valence-corrected chi connectivity index (χ0v) is 20.6. The highest BCUT2D eigenvalue weighted by Crippen LogP contribution is 2.43. The largest absolute Gasteiger partial charge is 0.493 e. The van der Waals surface area contributed by atoms with E-state index in [0.717, 1.165) is 44.8 Å². The Labute approximate surface area is 213 Å². The molecule has 190 valence electrons. The van der Waals surface area contributed by atoms with Gasteiger partial charge >= 0.3 is 0 Å². The molecule has 2 N–H and O–H groups in total. The molecule has 0 spiro atoms. The predicted molar refractivity (Wildman–Crippen MR) is 134 cm³/mol. The van der Waals surface area contributed by atoms with Gasteiger partial charge in [0.25, 0.3) is 0 Å². The van der Waals surface area contributed by atoms with Crippen LogP contribution in [0.1, 0.15) is 12.0 Å². The third-order valence-electron chi connectivity index (χ3n) is 5.99. The summed E-state index contributed by atoms with van der Waals surface area (Å²) in [6, 6.07) is 7.82. The first-order valence-corrected chi connectivity index (χ1v) is 12.1. The summed E-state index contributed by atoms with van der Waals surface area (Å²) in [5, 5.41) is 6.69. The number of anilines is 3. The number of benzene rings is 2. The van der Waals surface area contributed by atoms with Crippen LogP contribution in [0, 0.1) is 5.82 Å². The lowest BCUT2D eigenvalue weighted by atomic mass is 10.1. The van der Waals surface area contributed by atoms with Crippen molar-refractivity contribution in [2.24, 2.45) is 0 Å². The van der Waals surface area contributed by atoms with Crippen LogP contribution in [-0.2, 0) is 11.3 Å². The van der Waals surface area contributed by atoms with Crippen LogP contribution in [0.25, 0.3) is 0 Å². The van der Waals surface area contributed by atoms with E-state index >= 15 is 0 Å². The second-order valence-electron chi connectivity index (χ2n) is 8.37. The molecule has 3 heterocycles. The molecule has 0 radical (unpaired) electrons. The number of aromatic nitrogens is 2.